The summed E-state index contributed by atoms with van der Waals surface area (Å²) in [5.74, 6) is 0.172. The molecule has 0 radical (unpaired) electrons. The summed E-state index contributed by atoms with van der Waals surface area (Å²) < 4.78 is 5.45. The molecule has 0 unspecified atom stereocenters. The van der Waals surface area contributed by atoms with Crippen molar-refractivity contribution in [1.29, 1.82) is 0 Å². The molecule has 0 N–H and O–H groups in total. The smallest absolute Gasteiger partial charge is 0.180 e. The number of furan rings is 1. The lowest BCUT2D eigenvalue weighted by Gasteiger charge is -2.19. The number of benzene rings is 1. The normalized spacial score (nSPS) is 15.3. The van der Waals surface area contributed by atoms with Crippen molar-refractivity contribution in [3.05, 3.63) is 36.1 Å². The quantitative estimate of drug-likeness (QED) is 0.743. The number of fused-ring (bicyclic) bond motifs is 1. The SMILES string of the molecule is CCCN(CC(=O)c1coc2ccccc12)C1CC1. The van der Waals surface area contributed by atoms with E-state index < -0.39 is 0 Å². The van der Waals surface area contributed by atoms with Gasteiger partial charge >= 0.3 is 0 Å². The summed E-state index contributed by atoms with van der Waals surface area (Å²) >= 11 is 0. The van der Waals surface area contributed by atoms with Crippen LogP contribution in [0.5, 0.6) is 0 Å². The zero-order chi connectivity index (χ0) is 13.2. The Kier molecular flexibility index (Phi) is 3.38. The Morgan fingerprint density at radius 3 is 2.89 bits per heavy atom. The summed E-state index contributed by atoms with van der Waals surface area (Å²) in [6.45, 7) is 3.68. The number of Topliss-reactive ketones (excluding diaryl/α,β-unsaturated/α-hetero) is 1. The molecular formula is C16H19NO2. The number of carbonyl (C=O) groups excluding carboxylic acids is 1. The Bertz CT molecular complexity index is 583. The maximum Gasteiger partial charge on any atom is 0.180 e. The number of hydrogen-bond acceptors (Lipinski definition) is 3. The highest BCUT2D eigenvalue weighted by Crippen LogP contribution is 2.28. The molecular weight excluding hydrogens is 238 g/mol. The van der Waals surface area contributed by atoms with Crippen LogP contribution in [0.15, 0.2) is 34.9 Å². The van der Waals surface area contributed by atoms with Gasteiger partial charge in [0.2, 0.25) is 0 Å². The van der Waals surface area contributed by atoms with Gasteiger partial charge in [0.15, 0.2) is 5.78 Å². The van der Waals surface area contributed by atoms with E-state index in [-0.39, 0.29) is 5.78 Å². The van der Waals surface area contributed by atoms with Gasteiger partial charge in [-0.25, -0.2) is 0 Å². The van der Waals surface area contributed by atoms with Gasteiger partial charge in [-0.1, -0.05) is 25.1 Å². The molecule has 0 saturated heterocycles. The molecule has 0 atom stereocenters. The van der Waals surface area contributed by atoms with E-state index in [1.54, 1.807) is 6.26 Å². The summed E-state index contributed by atoms with van der Waals surface area (Å²) in [5.41, 5.74) is 1.51. The van der Waals surface area contributed by atoms with Gasteiger partial charge in [0.05, 0.1) is 12.1 Å². The molecule has 3 nitrogen and oxygen atoms in total. The molecule has 1 aliphatic rings. The molecule has 3 rings (SSSR count). The second kappa shape index (κ2) is 5.17. The highest BCUT2D eigenvalue weighted by Gasteiger charge is 2.30. The van der Waals surface area contributed by atoms with E-state index in [4.69, 9.17) is 4.42 Å². The fourth-order valence-electron chi connectivity index (χ4n) is 2.58. The van der Waals surface area contributed by atoms with Gasteiger partial charge in [-0.3, -0.25) is 9.69 Å². The number of para-hydroxylation sites is 1. The first-order valence-corrected chi connectivity index (χ1v) is 7.03. The molecule has 19 heavy (non-hydrogen) atoms. The molecule has 0 aliphatic heterocycles. The Hall–Kier alpha value is -1.61. The lowest BCUT2D eigenvalue weighted by atomic mass is 10.1. The monoisotopic (exact) mass is 257 g/mol. The first-order chi connectivity index (χ1) is 9.29. The van der Waals surface area contributed by atoms with Gasteiger partial charge in [-0.15, -0.1) is 0 Å². The standard InChI is InChI=1S/C16H19NO2/c1-2-9-17(12-7-8-12)10-15(18)14-11-19-16-6-4-3-5-13(14)16/h3-6,11-12H,2,7-10H2,1H3. The lowest BCUT2D eigenvalue weighted by molar-refractivity contribution is 0.0925. The second-order valence-corrected chi connectivity index (χ2v) is 5.27. The van der Waals surface area contributed by atoms with Gasteiger partial charge in [0, 0.05) is 11.4 Å². The maximum atomic E-state index is 12.4. The van der Waals surface area contributed by atoms with Crippen molar-refractivity contribution >= 4 is 16.8 Å². The van der Waals surface area contributed by atoms with Gasteiger partial charge in [-0.2, -0.15) is 0 Å². The number of rotatable bonds is 6. The average Bonchev–Trinajstić information content (AvgIpc) is 3.17. The molecule has 1 aromatic heterocycles. The van der Waals surface area contributed by atoms with E-state index in [2.05, 4.69) is 11.8 Å². The third kappa shape index (κ3) is 2.56. The van der Waals surface area contributed by atoms with Crippen LogP contribution in [0.3, 0.4) is 0 Å². The molecule has 1 aromatic carbocycles. The third-order valence-corrected chi connectivity index (χ3v) is 3.70. The number of nitrogens with zero attached hydrogens (tertiary/aromatic N) is 1. The molecule has 100 valence electrons. The third-order valence-electron chi connectivity index (χ3n) is 3.70. The van der Waals surface area contributed by atoms with Crippen molar-refractivity contribution in [3.8, 4) is 0 Å². The average molecular weight is 257 g/mol. The summed E-state index contributed by atoms with van der Waals surface area (Å²) in [4.78, 5) is 14.7. The van der Waals surface area contributed by atoms with E-state index in [0.29, 0.717) is 12.6 Å². The van der Waals surface area contributed by atoms with Crippen LogP contribution in [-0.2, 0) is 0 Å². The fourth-order valence-corrected chi connectivity index (χ4v) is 2.58. The molecule has 1 heterocycles. The van der Waals surface area contributed by atoms with E-state index in [1.165, 1.54) is 12.8 Å². The largest absolute Gasteiger partial charge is 0.464 e. The van der Waals surface area contributed by atoms with Crippen molar-refractivity contribution in [3.63, 3.8) is 0 Å². The van der Waals surface area contributed by atoms with Crippen LogP contribution in [0.25, 0.3) is 11.0 Å². The predicted octanol–water partition coefficient (Wildman–Crippen LogP) is 3.49. The Morgan fingerprint density at radius 1 is 1.37 bits per heavy atom. The molecule has 1 fully saturated rings. The van der Waals surface area contributed by atoms with Gasteiger partial charge in [0.25, 0.3) is 0 Å². The minimum atomic E-state index is 0.172. The van der Waals surface area contributed by atoms with Crippen molar-refractivity contribution in [1.82, 2.24) is 4.90 Å². The summed E-state index contributed by atoms with van der Waals surface area (Å²) in [7, 11) is 0. The van der Waals surface area contributed by atoms with E-state index in [9.17, 15) is 4.79 Å². The van der Waals surface area contributed by atoms with Gasteiger partial charge < -0.3 is 4.42 Å². The minimum Gasteiger partial charge on any atom is -0.464 e. The molecule has 2 aromatic rings. The van der Waals surface area contributed by atoms with E-state index in [1.807, 2.05) is 24.3 Å². The summed E-state index contributed by atoms with van der Waals surface area (Å²) in [6, 6.07) is 8.35. The van der Waals surface area contributed by atoms with E-state index in [0.717, 1.165) is 29.5 Å². The Labute approximate surface area is 113 Å². The lowest BCUT2D eigenvalue weighted by Crippen LogP contribution is -2.32. The van der Waals surface area contributed by atoms with Crippen molar-refractivity contribution in [2.75, 3.05) is 13.1 Å². The zero-order valence-electron chi connectivity index (χ0n) is 11.3. The molecule has 1 saturated carbocycles. The van der Waals surface area contributed by atoms with Crippen LogP contribution in [0.1, 0.15) is 36.5 Å². The molecule has 0 amide bonds. The maximum absolute atomic E-state index is 12.4. The topological polar surface area (TPSA) is 33.5 Å². The van der Waals surface area contributed by atoms with Crippen LogP contribution in [0.2, 0.25) is 0 Å². The minimum absolute atomic E-state index is 0.172. The summed E-state index contributed by atoms with van der Waals surface area (Å²) in [6.07, 6.45) is 5.17. The van der Waals surface area contributed by atoms with Crippen molar-refractivity contribution in [2.24, 2.45) is 0 Å². The van der Waals surface area contributed by atoms with Crippen LogP contribution in [0.4, 0.5) is 0 Å². The van der Waals surface area contributed by atoms with Crippen LogP contribution >= 0.6 is 0 Å². The highest BCUT2D eigenvalue weighted by atomic mass is 16.3. The first-order valence-electron chi connectivity index (χ1n) is 7.03. The number of hydrogen-bond donors (Lipinski definition) is 0. The second-order valence-electron chi connectivity index (χ2n) is 5.27. The summed E-state index contributed by atoms with van der Waals surface area (Å²) in [5, 5.41) is 0.930. The molecule has 3 heteroatoms. The van der Waals surface area contributed by atoms with Gasteiger partial charge in [-0.05, 0) is 31.9 Å². The van der Waals surface area contributed by atoms with Crippen molar-refractivity contribution in [2.45, 2.75) is 32.2 Å². The van der Waals surface area contributed by atoms with Crippen LogP contribution in [-0.4, -0.2) is 29.8 Å². The zero-order valence-corrected chi connectivity index (χ0v) is 11.3. The number of ketones is 1. The molecule has 1 aliphatic carbocycles. The molecule has 0 bridgehead atoms. The number of carbonyl (C=O) groups is 1. The van der Waals surface area contributed by atoms with Gasteiger partial charge in [0.1, 0.15) is 11.8 Å². The van der Waals surface area contributed by atoms with E-state index >= 15 is 0 Å². The predicted molar refractivity (Wildman–Crippen MR) is 75.4 cm³/mol. The van der Waals surface area contributed by atoms with Crippen molar-refractivity contribution < 1.29 is 9.21 Å². The Morgan fingerprint density at radius 2 is 2.16 bits per heavy atom. The Balaban J connectivity index is 1.79. The van der Waals surface area contributed by atoms with Crippen LogP contribution in [0, 0.1) is 0 Å². The molecule has 0 spiro atoms. The first kappa shape index (κ1) is 12.4. The van der Waals surface area contributed by atoms with Crippen LogP contribution < -0.4 is 0 Å². The highest BCUT2D eigenvalue weighted by molar-refractivity contribution is 6.08. The fraction of sp³-hybridized carbons (Fsp3) is 0.438.